The van der Waals surface area contributed by atoms with Crippen molar-refractivity contribution in [2.24, 2.45) is 0 Å². The van der Waals surface area contributed by atoms with Crippen LogP contribution in [0.2, 0.25) is 0 Å². The van der Waals surface area contributed by atoms with E-state index in [2.05, 4.69) is 43.8 Å². The molecule has 0 radical (unpaired) electrons. The molecular formula is C12H15Br2NO. The molecule has 0 aliphatic carbocycles. The molecule has 2 nitrogen and oxygen atoms in total. The maximum Gasteiger partial charge on any atom is 0.148 e. The third kappa shape index (κ3) is 3.61. The molecule has 0 spiro atoms. The summed E-state index contributed by atoms with van der Waals surface area (Å²) < 4.78 is 7.62. The molecule has 88 valence electrons. The molecule has 1 rings (SSSR count). The first-order valence-corrected chi connectivity index (χ1v) is 6.58. The molecule has 1 N–H and O–H groups in total. The quantitative estimate of drug-likeness (QED) is 0.815. The van der Waals surface area contributed by atoms with E-state index >= 15 is 0 Å². The lowest BCUT2D eigenvalue weighted by Crippen LogP contribution is -2.09. The molecule has 1 unspecified atom stereocenters. The van der Waals surface area contributed by atoms with E-state index in [0.717, 1.165) is 21.2 Å². The van der Waals surface area contributed by atoms with Crippen LogP contribution < -0.4 is 10.1 Å². The van der Waals surface area contributed by atoms with Gasteiger partial charge in [-0.15, -0.1) is 0 Å². The van der Waals surface area contributed by atoms with Crippen LogP contribution in [-0.2, 0) is 6.54 Å². The highest BCUT2D eigenvalue weighted by atomic mass is 79.9. The second kappa shape index (κ2) is 6.42. The fourth-order valence-electron chi connectivity index (χ4n) is 1.27. The Labute approximate surface area is 113 Å². The maximum absolute atomic E-state index is 5.73. The van der Waals surface area contributed by atoms with Gasteiger partial charge in [0.1, 0.15) is 11.9 Å². The van der Waals surface area contributed by atoms with Crippen LogP contribution in [0.3, 0.4) is 0 Å². The minimum Gasteiger partial charge on any atom is -0.484 e. The van der Waals surface area contributed by atoms with E-state index < -0.39 is 0 Å². The van der Waals surface area contributed by atoms with Crippen molar-refractivity contribution < 1.29 is 4.74 Å². The minimum atomic E-state index is -0.0113. The maximum atomic E-state index is 5.73. The molecule has 0 heterocycles. The van der Waals surface area contributed by atoms with Gasteiger partial charge in [0.2, 0.25) is 0 Å². The van der Waals surface area contributed by atoms with Gasteiger partial charge in [-0.2, -0.15) is 0 Å². The molecule has 0 aliphatic heterocycles. The summed E-state index contributed by atoms with van der Waals surface area (Å²) in [6, 6.07) is 4.10. The van der Waals surface area contributed by atoms with Crippen molar-refractivity contribution in [3.63, 3.8) is 0 Å². The van der Waals surface area contributed by atoms with Crippen LogP contribution in [0.4, 0.5) is 0 Å². The zero-order chi connectivity index (χ0) is 12.1. The van der Waals surface area contributed by atoms with Crippen LogP contribution in [0.5, 0.6) is 5.75 Å². The third-order valence-corrected chi connectivity index (χ3v) is 3.25. The average Bonchev–Trinajstić information content (AvgIpc) is 2.23. The molecule has 16 heavy (non-hydrogen) atoms. The first-order valence-electron chi connectivity index (χ1n) is 5.00. The van der Waals surface area contributed by atoms with Crippen LogP contribution in [0.15, 0.2) is 33.7 Å². The SMILES string of the molecule is C=CC(C)Oc1c(Br)cc(CNC)cc1Br. The van der Waals surface area contributed by atoms with Crippen molar-refractivity contribution in [2.45, 2.75) is 19.6 Å². The number of nitrogens with one attached hydrogen (secondary N) is 1. The van der Waals surface area contributed by atoms with E-state index in [1.165, 1.54) is 5.56 Å². The van der Waals surface area contributed by atoms with Crippen LogP contribution in [-0.4, -0.2) is 13.2 Å². The van der Waals surface area contributed by atoms with Gasteiger partial charge in [0.05, 0.1) is 8.95 Å². The molecule has 4 heteroatoms. The van der Waals surface area contributed by atoms with Crippen molar-refractivity contribution in [1.82, 2.24) is 5.32 Å². The lowest BCUT2D eigenvalue weighted by molar-refractivity contribution is 0.266. The minimum absolute atomic E-state index is 0.0113. The van der Waals surface area contributed by atoms with Crippen LogP contribution in [0, 0.1) is 0 Å². The summed E-state index contributed by atoms with van der Waals surface area (Å²) in [5.41, 5.74) is 1.19. The third-order valence-electron chi connectivity index (χ3n) is 2.07. The number of hydrogen-bond donors (Lipinski definition) is 1. The van der Waals surface area contributed by atoms with Gasteiger partial charge in [0.25, 0.3) is 0 Å². The normalized spacial score (nSPS) is 12.2. The zero-order valence-electron chi connectivity index (χ0n) is 9.39. The first-order chi connectivity index (χ1) is 7.58. The molecule has 0 amide bonds. The Morgan fingerprint density at radius 3 is 2.44 bits per heavy atom. The molecule has 0 fully saturated rings. The summed E-state index contributed by atoms with van der Waals surface area (Å²) in [5.74, 6) is 0.812. The van der Waals surface area contributed by atoms with E-state index in [0.29, 0.717) is 0 Å². The topological polar surface area (TPSA) is 21.3 Å². The molecule has 0 bridgehead atoms. The number of halogens is 2. The summed E-state index contributed by atoms with van der Waals surface area (Å²) in [7, 11) is 1.92. The van der Waals surface area contributed by atoms with Crippen molar-refractivity contribution in [2.75, 3.05) is 7.05 Å². The van der Waals surface area contributed by atoms with Crippen LogP contribution >= 0.6 is 31.9 Å². The predicted octanol–water partition coefficient (Wildman–Crippen LogP) is 3.88. The van der Waals surface area contributed by atoms with Gasteiger partial charge in [-0.1, -0.05) is 12.7 Å². The summed E-state index contributed by atoms with van der Waals surface area (Å²) >= 11 is 7.02. The Kier molecular flexibility index (Phi) is 5.52. The van der Waals surface area contributed by atoms with Crippen molar-refractivity contribution in [3.05, 3.63) is 39.3 Å². The zero-order valence-corrected chi connectivity index (χ0v) is 12.6. The number of benzene rings is 1. The second-order valence-corrected chi connectivity index (χ2v) is 5.19. The summed E-state index contributed by atoms with van der Waals surface area (Å²) in [4.78, 5) is 0. The second-order valence-electron chi connectivity index (χ2n) is 3.48. The Balaban J connectivity index is 2.97. The van der Waals surface area contributed by atoms with Gasteiger partial charge >= 0.3 is 0 Å². The molecule has 0 aliphatic rings. The van der Waals surface area contributed by atoms with E-state index in [9.17, 15) is 0 Å². The van der Waals surface area contributed by atoms with Gasteiger partial charge in [0, 0.05) is 6.54 Å². The Morgan fingerprint density at radius 2 is 2.00 bits per heavy atom. The van der Waals surface area contributed by atoms with Gasteiger partial charge in [-0.05, 0) is 63.5 Å². The predicted molar refractivity (Wildman–Crippen MR) is 74.9 cm³/mol. The highest BCUT2D eigenvalue weighted by Crippen LogP contribution is 2.35. The monoisotopic (exact) mass is 347 g/mol. The average molecular weight is 349 g/mol. The van der Waals surface area contributed by atoms with Crippen molar-refractivity contribution in [1.29, 1.82) is 0 Å². The standard InChI is InChI=1S/C12H15Br2NO/c1-4-8(2)16-12-10(13)5-9(7-15-3)6-11(12)14/h4-6,8,15H,1,7H2,2-3H3. The fourth-order valence-corrected chi connectivity index (χ4v) is 2.73. The van der Waals surface area contributed by atoms with Gasteiger partial charge in [0.15, 0.2) is 0 Å². The Hall–Kier alpha value is -0.320. The lowest BCUT2D eigenvalue weighted by atomic mass is 10.2. The summed E-state index contributed by atoms with van der Waals surface area (Å²) in [6.07, 6.45) is 1.75. The molecule has 0 aromatic heterocycles. The molecule has 1 aromatic rings. The van der Waals surface area contributed by atoms with Crippen LogP contribution in [0.25, 0.3) is 0 Å². The molecule has 1 atom stereocenters. The molecule has 0 saturated carbocycles. The highest BCUT2D eigenvalue weighted by Gasteiger charge is 2.10. The molecule has 0 saturated heterocycles. The fraction of sp³-hybridized carbons (Fsp3) is 0.333. The number of hydrogen-bond acceptors (Lipinski definition) is 2. The van der Waals surface area contributed by atoms with E-state index in [-0.39, 0.29) is 6.10 Å². The van der Waals surface area contributed by atoms with E-state index in [1.807, 2.05) is 26.1 Å². The number of rotatable bonds is 5. The lowest BCUT2D eigenvalue weighted by Gasteiger charge is -2.15. The van der Waals surface area contributed by atoms with Crippen molar-refractivity contribution >= 4 is 31.9 Å². The first kappa shape index (κ1) is 13.7. The van der Waals surface area contributed by atoms with Crippen molar-refractivity contribution in [3.8, 4) is 5.75 Å². The van der Waals surface area contributed by atoms with Gasteiger partial charge in [-0.3, -0.25) is 0 Å². The molecular weight excluding hydrogens is 334 g/mol. The Morgan fingerprint density at radius 1 is 1.44 bits per heavy atom. The summed E-state index contributed by atoms with van der Waals surface area (Å²) in [6.45, 7) is 6.48. The number of ether oxygens (including phenoxy) is 1. The highest BCUT2D eigenvalue weighted by molar-refractivity contribution is 9.11. The summed E-state index contributed by atoms with van der Waals surface area (Å²) in [5, 5.41) is 3.11. The largest absolute Gasteiger partial charge is 0.484 e. The van der Waals surface area contributed by atoms with Crippen LogP contribution in [0.1, 0.15) is 12.5 Å². The Bertz CT molecular complexity index is 356. The van der Waals surface area contributed by atoms with E-state index in [4.69, 9.17) is 4.74 Å². The molecule has 1 aromatic carbocycles. The smallest absolute Gasteiger partial charge is 0.148 e. The van der Waals surface area contributed by atoms with Gasteiger partial charge in [-0.25, -0.2) is 0 Å². The van der Waals surface area contributed by atoms with E-state index in [1.54, 1.807) is 6.08 Å². The van der Waals surface area contributed by atoms with Gasteiger partial charge < -0.3 is 10.1 Å².